The average Bonchev–Trinajstić information content (AvgIpc) is 3.04. The van der Waals surface area contributed by atoms with E-state index in [-0.39, 0.29) is 11.3 Å². The largest absolute Gasteiger partial charge is 0.507 e. The highest BCUT2D eigenvalue weighted by atomic mass is 16.5. The summed E-state index contributed by atoms with van der Waals surface area (Å²) in [4.78, 5) is 29.8. The zero-order valence-electron chi connectivity index (χ0n) is 19.9. The van der Waals surface area contributed by atoms with E-state index in [9.17, 15) is 14.7 Å². The second-order valence-corrected chi connectivity index (χ2v) is 8.30. The van der Waals surface area contributed by atoms with Crippen LogP contribution in [0.4, 0.5) is 0 Å². The molecule has 1 N–H and O–H groups in total. The minimum atomic E-state index is -0.741. The highest BCUT2D eigenvalue weighted by molar-refractivity contribution is 6.46. The Morgan fingerprint density at radius 2 is 1.85 bits per heavy atom. The molecule has 0 spiro atoms. The molecule has 1 unspecified atom stereocenters. The van der Waals surface area contributed by atoms with E-state index in [0.29, 0.717) is 42.2 Å². The van der Waals surface area contributed by atoms with Crippen LogP contribution >= 0.6 is 0 Å². The summed E-state index contributed by atoms with van der Waals surface area (Å²) in [5, 5.41) is 11.3. The molecular formula is C26H32N2O5. The van der Waals surface area contributed by atoms with Crippen molar-refractivity contribution in [1.29, 1.82) is 0 Å². The number of aliphatic hydroxyl groups is 1. The van der Waals surface area contributed by atoms with Crippen LogP contribution in [0, 0.1) is 6.92 Å². The zero-order valence-corrected chi connectivity index (χ0v) is 19.9. The number of ketones is 1. The minimum absolute atomic E-state index is 0.0675. The monoisotopic (exact) mass is 452 g/mol. The lowest BCUT2D eigenvalue weighted by Crippen LogP contribution is -2.32. The number of carbonyl (C=O) groups is 2. The lowest BCUT2D eigenvalue weighted by atomic mass is 9.94. The van der Waals surface area contributed by atoms with Crippen molar-refractivity contribution >= 4 is 17.4 Å². The van der Waals surface area contributed by atoms with E-state index in [2.05, 4.69) is 0 Å². The van der Waals surface area contributed by atoms with Crippen LogP contribution in [0.2, 0.25) is 0 Å². The molecule has 0 aliphatic carbocycles. The number of likely N-dealkylation sites (tertiary alicyclic amines) is 1. The number of carbonyl (C=O) groups excluding carboxylic acids is 2. The fourth-order valence-electron chi connectivity index (χ4n) is 4.15. The molecule has 1 amide bonds. The number of methoxy groups -OCH3 is 1. The quantitative estimate of drug-likeness (QED) is 0.354. The normalized spacial score (nSPS) is 17.6. The van der Waals surface area contributed by atoms with Crippen molar-refractivity contribution in [3.05, 3.63) is 64.7 Å². The van der Waals surface area contributed by atoms with Crippen molar-refractivity contribution in [2.75, 3.05) is 40.9 Å². The maximum absolute atomic E-state index is 13.2. The molecule has 176 valence electrons. The molecule has 3 rings (SSSR count). The first kappa shape index (κ1) is 24.3. The Kier molecular flexibility index (Phi) is 7.76. The lowest BCUT2D eigenvalue weighted by molar-refractivity contribution is -0.140. The Hall–Kier alpha value is -3.32. The Morgan fingerprint density at radius 3 is 2.48 bits per heavy atom. The lowest BCUT2D eigenvalue weighted by Gasteiger charge is -2.27. The SMILES string of the molecule is CCOc1ccc(/C(O)=C2\C(=O)C(=O)N(CCCN(C)C)C2c2ccccc2OC)cc1C. The molecular weight excluding hydrogens is 420 g/mol. The van der Waals surface area contributed by atoms with Crippen molar-refractivity contribution in [2.24, 2.45) is 0 Å². The van der Waals surface area contributed by atoms with Crippen LogP contribution in [0.5, 0.6) is 11.5 Å². The van der Waals surface area contributed by atoms with Crippen molar-refractivity contribution in [1.82, 2.24) is 9.80 Å². The predicted molar refractivity (Wildman–Crippen MR) is 128 cm³/mol. The van der Waals surface area contributed by atoms with Gasteiger partial charge in [0.2, 0.25) is 0 Å². The molecule has 0 saturated carbocycles. The van der Waals surface area contributed by atoms with Gasteiger partial charge in [0.1, 0.15) is 17.3 Å². The van der Waals surface area contributed by atoms with E-state index in [4.69, 9.17) is 9.47 Å². The third-order valence-electron chi connectivity index (χ3n) is 5.73. The van der Waals surface area contributed by atoms with Crippen LogP contribution in [-0.2, 0) is 9.59 Å². The summed E-state index contributed by atoms with van der Waals surface area (Å²) in [7, 11) is 5.47. The third-order valence-corrected chi connectivity index (χ3v) is 5.73. The Labute approximate surface area is 195 Å². The van der Waals surface area contributed by atoms with Gasteiger partial charge in [-0.1, -0.05) is 18.2 Å². The van der Waals surface area contributed by atoms with Crippen LogP contribution in [0.15, 0.2) is 48.0 Å². The van der Waals surface area contributed by atoms with E-state index in [1.807, 2.05) is 51.0 Å². The molecule has 1 aliphatic rings. The standard InChI is InChI=1S/C26H32N2O5/c1-6-33-20-13-12-18(16-17(20)2)24(29)22-23(19-10-7-8-11-21(19)32-5)28(26(31)25(22)30)15-9-14-27(3)4/h7-8,10-13,16,23,29H,6,9,14-15H2,1-5H3/b24-22+. The number of Topliss-reactive ketones (excluding diaryl/α,β-unsaturated/α-hetero) is 1. The van der Waals surface area contributed by atoms with Gasteiger partial charge in [-0.2, -0.15) is 0 Å². The van der Waals surface area contributed by atoms with Crippen LogP contribution in [0.3, 0.4) is 0 Å². The van der Waals surface area contributed by atoms with Crippen molar-refractivity contribution < 1.29 is 24.2 Å². The number of hydrogen-bond donors (Lipinski definition) is 1. The molecule has 7 heteroatoms. The fourth-order valence-corrected chi connectivity index (χ4v) is 4.15. The number of para-hydroxylation sites is 1. The average molecular weight is 453 g/mol. The number of benzene rings is 2. The van der Waals surface area contributed by atoms with Crippen LogP contribution < -0.4 is 9.47 Å². The van der Waals surface area contributed by atoms with Gasteiger partial charge in [-0.3, -0.25) is 9.59 Å². The maximum atomic E-state index is 13.2. The van der Waals surface area contributed by atoms with Gasteiger partial charge in [0, 0.05) is 17.7 Å². The first-order valence-corrected chi connectivity index (χ1v) is 11.1. The van der Waals surface area contributed by atoms with Gasteiger partial charge < -0.3 is 24.4 Å². The number of hydrogen-bond acceptors (Lipinski definition) is 6. The topological polar surface area (TPSA) is 79.3 Å². The van der Waals surface area contributed by atoms with E-state index in [1.54, 1.807) is 31.4 Å². The van der Waals surface area contributed by atoms with Gasteiger partial charge in [-0.05, 0) is 70.7 Å². The van der Waals surface area contributed by atoms with Gasteiger partial charge in [0.05, 0.1) is 25.3 Å². The molecule has 1 fully saturated rings. The number of aryl methyl sites for hydroxylation is 1. The summed E-state index contributed by atoms with van der Waals surface area (Å²) >= 11 is 0. The summed E-state index contributed by atoms with van der Waals surface area (Å²) in [6.45, 7) is 5.44. The van der Waals surface area contributed by atoms with E-state index < -0.39 is 17.7 Å². The van der Waals surface area contributed by atoms with Crippen LogP contribution in [0.1, 0.15) is 36.1 Å². The molecule has 7 nitrogen and oxygen atoms in total. The number of ether oxygens (including phenoxy) is 2. The molecule has 1 atom stereocenters. The molecule has 0 aromatic heterocycles. The smallest absolute Gasteiger partial charge is 0.295 e. The summed E-state index contributed by atoms with van der Waals surface area (Å²) < 4.78 is 11.1. The van der Waals surface area contributed by atoms with Gasteiger partial charge in [-0.15, -0.1) is 0 Å². The van der Waals surface area contributed by atoms with Crippen LogP contribution in [-0.4, -0.2) is 67.5 Å². The number of aliphatic hydroxyl groups excluding tert-OH is 1. The molecule has 1 aliphatic heterocycles. The number of amides is 1. The summed E-state index contributed by atoms with van der Waals surface area (Å²) in [5.41, 5.74) is 2.02. The zero-order chi connectivity index (χ0) is 24.1. The molecule has 0 bridgehead atoms. The molecule has 2 aromatic carbocycles. The van der Waals surface area contributed by atoms with Crippen molar-refractivity contribution in [2.45, 2.75) is 26.3 Å². The summed E-state index contributed by atoms with van der Waals surface area (Å²) in [5.74, 6) is -0.255. The Balaban J connectivity index is 2.13. The maximum Gasteiger partial charge on any atom is 0.295 e. The van der Waals surface area contributed by atoms with E-state index >= 15 is 0 Å². The first-order chi connectivity index (χ1) is 15.8. The highest BCUT2D eigenvalue weighted by Crippen LogP contribution is 2.42. The minimum Gasteiger partial charge on any atom is -0.507 e. The summed E-state index contributed by atoms with van der Waals surface area (Å²) in [6, 6.07) is 11.8. The van der Waals surface area contributed by atoms with Gasteiger partial charge in [-0.25, -0.2) is 0 Å². The first-order valence-electron chi connectivity index (χ1n) is 11.1. The second-order valence-electron chi connectivity index (χ2n) is 8.30. The van der Waals surface area contributed by atoms with Crippen molar-refractivity contribution in [3.63, 3.8) is 0 Å². The molecule has 0 radical (unpaired) electrons. The van der Waals surface area contributed by atoms with Gasteiger partial charge in [0.25, 0.3) is 11.7 Å². The highest BCUT2D eigenvalue weighted by Gasteiger charge is 2.46. The predicted octanol–water partition coefficient (Wildman–Crippen LogP) is 3.78. The Morgan fingerprint density at radius 1 is 1.12 bits per heavy atom. The molecule has 33 heavy (non-hydrogen) atoms. The molecule has 2 aromatic rings. The van der Waals surface area contributed by atoms with Crippen LogP contribution in [0.25, 0.3) is 5.76 Å². The second kappa shape index (κ2) is 10.5. The van der Waals surface area contributed by atoms with Crippen molar-refractivity contribution in [3.8, 4) is 11.5 Å². The summed E-state index contributed by atoms with van der Waals surface area (Å²) in [6.07, 6.45) is 0.688. The number of nitrogens with zero attached hydrogens (tertiary/aromatic N) is 2. The van der Waals surface area contributed by atoms with Gasteiger partial charge >= 0.3 is 0 Å². The molecule has 1 heterocycles. The Bertz CT molecular complexity index is 1060. The fraction of sp³-hybridized carbons (Fsp3) is 0.385. The van der Waals surface area contributed by atoms with E-state index in [1.165, 1.54) is 4.90 Å². The molecule has 1 saturated heterocycles. The van der Waals surface area contributed by atoms with E-state index in [0.717, 1.165) is 12.1 Å². The third kappa shape index (κ3) is 5.03. The number of rotatable bonds is 9. The van der Waals surface area contributed by atoms with Gasteiger partial charge in [0.15, 0.2) is 0 Å².